The fourth-order valence-corrected chi connectivity index (χ4v) is 13.8. The second-order valence-electron chi connectivity index (χ2n) is 23.7. The van der Waals surface area contributed by atoms with Crippen molar-refractivity contribution < 1.29 is 57.2 Å². The number of aliphatic hydroxyl groups excluding tert-OH is 1. The van der Waals surface area contributed by atoms with E-state index >= 15 is 4.39 Å². The van der Waals surface area contributed by atoms with E-state index in [9.17, 15) is 33.9 Å². The van der Waals surface area contributed by atoms with Gasteiger partial charge in [-0.25, -0.2) is 9.37 Å². The Kier molecular flexibility index (Phi) is 21.6. The molecule has 0 radical (unpaired) electrons. The third-order valence-electron chi connectivity index (χ3n) is 16.9. The van der Waals surface area contributed by atoms with E-state index in [1.54, 1.807) is 71.4 Å². The molecule has 466 valence electrons. The van der Waals surface area contributed by atoms with E-state index in [0.29, 0.717) is 60.2 Å². The molecule has 9 rings (SSSR count). The number of amides is 6. The Morgan fingerprint density at radius 2 is 1.52 bits per heavy atom. The number of hydrogen-bond acceptors (Lipinski definition) is 14. The second kappa shape index (κ2) is 28.8. The van der Waals surface area contributed by atoms with Crippen molar-refractivity contribution >= 4 is 81.4 Å². The van der Waals surface area contributed by atoms with Gasteiger partial charge in [0.2, 0.25) is 29.5 Å². The maximum absolute atomic E-state index is 16.3. The molecular formula is C64H77Cl2FN8O11S. The fourth-order valence-electron chi connectivity index (χ4n) is 12.7. The van der Waals surface area contributed by atoms with Gasteiger partial charge in [0.15, 0.2) is 0 Å². The standard InChI is InChI=1S/C64H77Cl2FN8O11S/c1-38(40-12-14-41(15-13-40)55-39(2)69-37-87-55)70-58(79)50-35-45(76)36-75(50)60(81)56(62(3,4)5)73-51(77)22-26-83-28-30-85-32-33-86-31-29-84-27-25-68-57(78)42-16-19-44(20-17-42)71-59(80)54-52(46-10-9-11-48(66)53(46)67)64(63(74-54)23-7-6-8-24-63)47-21-18-43(65)34-49(47)72-61(64)82/h9-21,34,37-38,45,50,52,54,56,74,76H,6-8,22-33,35-36H2,1-5H3,(H,68,78)(H,70,79)(H,71,80)(H,72,82)(H,73,77)/t38-,45+,50-,52-,54+,56?,64+/m0/s1. The second-order valence-corrected chi connectivity index (χ2v) is 25.4. The lowest BCUT2D eigenvalue weighted by molar-refractivity contribution is -0.144. The van der Waals surface area contributed by atoms with E-state index < -0.39 is 70.1 Å². The van der Waals surface area contributed by atoms with Gasteiger partial charge < -0.3 is 55.5 Å². The molecule has 1 aromatic heterocycles. The van der Waals surface area contributed by atoms with Crippen LogP contribution in [0, 0.1) is 18.2 Å². The molecule has 5 aromatic rings. The Morgan fingerprint density at radius 1 is 0.851 bits per heavy atom. The van der Waals surface area contributed by atoms with Gasteiger partial charge >= 0.3 is 0 Å². The van der Waals surface area contributed by atoms with Crippen LogP contribution in [-0.2, 0) is 48.3 Å². The number of carbonyl (C=O) groups is 6. The number of hydrogen-bond donors (Lipinski definition) is 7. The lowest BCUT2D eigenvalue weighted by Gasteiger charge is -2.47. The third kappa shape index (κ3) is 14.7. The summed E-state index contributed by atoms with van der Waals surface area (Å²) in [6, 6.07) is 20.8. The van der Waals surface area contributed by atoms with Gasteiger partial charge in [-0.3, -0.25) is 34.1 Å². The highest BCUT2D eigenvalue weighted by molar-refractivity contribution is 7.13. The number of halogens is 3. The zero-order valence-electron chi connectivity index (χ0n) is 49.6. The number of benzene rings is 4. The van der Waals surface area contributed by atoms with Gasteiger partial charge in [0.05, 0.1) is 92.1 Å². The summed E-state index contributed by atoms with van der Waals surface area (Å²) in [5.74, 6) is -4.06. The number of fused-ring (bicyclic) bond motifs is 3. The first kappa shape index (κ1) is 65.1. The maximum atomic E-state index is 16.3. The van der Waals surface area contributed by atoms with Crippen molar-refractivity contribution in [2.24, 2.45) is 5.41 Å². The molecule has 87 heavy (non-hydrogen) atoms. The van der Waals surface area contributed by atoms with Gasteiger partial charge in [0.25, 0.3) is 5.91 Å². The third-order valence-corrected chi connectivity index (χ3v) is 18.4. The van der Waals surface area contributed by atoms with Crippen LogP contribution in [0.15, 0.2) is 90.4 Å². The summed E-state index contributed by atoms with van der Waals surface area (Å²) >= 11 is 14.4. The van der Waals surface area contributed by atoms with Crippen LogP contribution in [0.3, 0.4) is 0 Å². The highest BCUT2D eigenvalue weighted by Gasteiger charge is 2.72. The molecule has 4 heterocycles. The van der Waals surface area contributed by atoms with Crippen LogP contribution in [0.2, 0.25) is 10.0 Å². The lowest BCUT2D eigenvalue weighted by atomic mass is 9.55. The number of likely N-dealkylation sites (tertiary alicyclic amines) is 1. The van der Waals surface area contributed by atoms with E-state index in [2.05, 4.69) is 36.9 Å². The molecule has 3 aliphatic heterocycles. The Morgan fingerprint density at radius 3 is 2.17 bits per heavy atom. The summed E-state index contributed by atoms with van der Waals surface area (Å²) in [7, 11) is 0. The smallest absolute Gasteiger partial charge is 0.251 e. The minimum atomic E-state index is -1.37. The van der Waals surface area contributed by atoms with Crippen molar-refractivity contribution in [1.29, 1.82) is 0 Å². The molecule has 7 N–H and O–H groups in total. The molecule has 1 unspecified atom stereocenters. The summed E-state index contributed by atoms with van der Waals surface area (Å²) in [6.45, 7) is 11.5. The van der Waals surface area contributed by atoms with E-state index in [4.69, 9.17) is 42.1 Å². The van der Waals surface area contributed by atoms with Crippen LogP contribution in [-0.4, -0.2) is 146 Å². The number of rotatable bonds is 25. The Hall–Kier alpha value is -6.40. The van der Waals surface area contributed by atoms with Crippen molar-refractivity contribution in [2.75, 3.05) is 76.6 Å². The summed E-state index contributed by atoms with van der Waals surface area (Å²) in [6.07, 6.45) is 2.91. The van der Waals surface area contributed by atoms with Crippen LogP contribution in [0.25, 0.3) is 10.4 Å². The minimum absolute atomic E-state index is 0.0102. The summed E-state index contributed by atoms with van der Waals surface area (Å²) < 4.78 is 38.7. The molecule has 7 atom stereocenters. The minimum Gasteiger partial charge on any atom is -0.391 e. The summed E-state index contributed by atoms with van der Waals surface area (Å²) in [5.41, 5.74) is 3.79. The van der Waals surface area contributed by atoms with Crippen molar-refractivity contribution in [2.45, 2.75) is 127 Å². The van der Waals surface area contributed by atoms with Crippen molar-refractivity contribution in [3.63, 3.8) is 0 Å². The molecule has 2 saturated heterocycles. The van der Waals surface area contributed by atoms with Gasteiger partial charge in [0.1, 0.15) is 23.3 Å². The van der Waals surface area contributed by atoms with Crippen molar-refractivity contribution in [3.8, 4) is 10.4 Å². The quantitative estimate of drug-likeness (QED) is 0.0272. The number of ether oxygens (including phenoxy) is 4. The number of anilines is 2. The van der Waals surface area contributed by atoms with Crippen LogP contribution >= 0.6 is 34.5 Å². The number of carbonyl (C=O) groups excluding carboxylic acids is 6. The normalized spacial score (nSPS) is 21.1. The molecule has 4 aromatic carbocycles. The molecule has 3 fully saturated rings. The van der Waals surface area contributed by atoms with E-state index in [1.807, 2.05) is 58.9 Å². The number of nitrogens with one attached hydrogen (secondary N) is 6. The number of aromatic nitrogens is 1. The summed E-state index contributed by atoms with van der Waals surface area (Å²) in [4.78, 5) is 89.9. The van der Waals surface area contributed by atoms with Gasteiger partial charge in [-0.05, 0) is 96.8 Å². The van der Waals surface area contributed by atoms with Gasteiger partial charge in [-0.2, -0.15) is 0 Å². The predicted octanol–water partition coefficient (Wildman–Crippen LogP) is 8.41. The molecule has 19 nitrogen and oxygen atoms in total. The largest absolute Gasteiger partial charge is 0.391 e. The number of thiazole rings is 1. The topological polar surface area (TPSA) is 248 Å². The fraction of sp³-hybridized carbons (Fsp3) is 0.484. The van der Waals surface area contributed by atoms with Gasteiger partial charge in [-0.1, -0.05) is 106 Å². The first-order valence-electron chi connectivity index (χ1n) is 29.6. The van der Waals surface area contributed by atoms with E-state index in [0.717, 1.165) is 41.0 Å². The van der Waals surface area contributed by atoms with E-state index in [-0.39, 0.29) is 93.3 Å². The van der Waals surface area contributed by atoms with E-state index in [1.165, 1.54) is 11.0 Å². The first-order valence-corrected chi connectivity index (χ1v) is 31.3. The van der Waals surface area contributed by atoms with Crippen molar-refractivity contribution in [1.82, 2.24) is 31.2 Å². The Labute approximate surface area is 520 Å². The van der Waals surface area contributed by atoms with Crippen LogP contribution in [0.5, 0.6) is 0 Å². The molecule has 6 amide bonds. The number of aryl methyl sites for hydroxylation is 1. The maximum Gasteiger partial charge on any atom is 0.251 e. The molecule has 1 aliphatic carbocycles. The summed E-state index contributed by atoms with van der Waals surface area (Å²) in [5, 5.41) is 29.3. The lowest BCUT2D eigenvalue weighted by Crippen LogP contribution is -2.60. The SMILES string of the molecule is Cc1ncsc1-c1ccc([C@H](C)NC(=O)[C@@H]2C[C@@H](O)CN2C(=O)C(NC(=O)CCOCCOCCOCCOCCNC(=O)c2ccc(NC(=O)[C@@H]3NC4(CCCCC4)[C@@]4(C(=O)Nc5cc(Cl)ccc54)[C@H]3c3cccc(Cl)c3F)cc2)C(C)(C)C)cc1. The number of β-amino-alcohol motifs (C(OH)–C–C–N with tert-alkyl or cyclic N) is 1. The first-order chi connectivity index (χ1) is 41.7. The van der Waals surface area contributed by atoms with Crippen LogP contribution < -0.4 is 31.9 Å². The average molecular weight is 1260 g/mol. The highest BCUT2D eigenvalue weighted by atomic mass is 35.5. The molecule has 23 heteroatoms. The molecule has 2 spiro atoms. The predicted molar refractivity (Wildman–Crippen MR) is 330 cm³/mol. The average Bonchev–Trinajstić information content (AvgIpc) is 1.52. The number of aliphatic hydroxyl groups is 1. The van der Waals surface area contributed by atoms with Gasteiger partial charge in [0, 0.05) is 59.3 Å². The number of nitrogens with zero attached hydrogens (tertiary/aromatic N) is 2. The molecular weight excluding hydrogens is 1180 g/mol. The highest BCUT2D eigenvalue weighted by Crippen LogP contribution is 2.63. The zero-order chi connectivity index (χ0) is 62.0. The molecule has 4 aliphatic rings. The molecule has 1 saturated carbocycles. The van der Waals surface area contributed by atoms with Crippen molar-refractivity contribution in [3.05, 3.63) is 134 Å². The monoisotopic (exact) mass is 1250 g/mol. The Balaban J connectivity index is 0.640. The van der Waals surface area contributed by atoms with Crippen LogP contribution in [0.4, 0.5) is 15.8 Å². The van der Waals surface area contributed by atoms with Gasteiger partial charge in [-0.15, -0.1) is 11.3 Å². The molecule has 0 bridgehead atoms. The zero-order valence-corrected chi connectivity index (χ0v) is 51.9. The Bertz CT molecular complexity index is 3270. The van der Waals surface area contributed by atoms with Crippen LogP contribution in [0.1, 0.15) is 117 Å².